The lowest BCUT2D eigenvalue weighted by molar-refractivity contribution is -0.138. The average Bonchev–Trinajstić information content (AvgIpc) is 2.80. The normalized spacial score (nSPS) is 26.0. The maximum atomic E-state index is 15.2. The number of anilines is 1. The summed E-state index contributed by atoms with van der Waals surface area (Å²) in [7, 11) is 0. The van der Waals surface area contributed by atoms with Crippen LogP contribution in [-0.4, -0.2) is 90.9 Å². The van der Waals surface area contributed by atoms with Gasteiger partial charge in [0.25, 0.3) is 5.91 Å². The summed E-state index contributed by atoms with van der Waals surface area (Å²) in [4.78, 5) is 40.8. The summed E-state index contributed by atoms with van der Waals surface area (Å²) in [5.74, 6) is -1.27. The second-order valence-corrected chi connectivity index (χ2v) is 10.5. The third-order valence-corrected chi connectivity index (χ3v) is 6.67. The fourth-order valence-electron chi connectivity index (χ4n) is 4.85. The predicted octanol–water partition coefficient (Wildman–Crippen LogP) is 2.48. The Morgan fingerprint density at radius 1 is 1.08 bits per heavy atom. The summed E-state index contributed by atoms with van der Waals surface area (Å²) in [5, 5.41) is 2.20. The number of carbonyl (C=O) groups excluding carboxylic acids is 3. The van der Waals surface area contributed by atoms with Gasteiger partial charge in [0.05, 0.1) is 12.2 Å². The van der Waals surface area contributed by atoms with E-state index in [4.69, 9.17) is 9.47 Å². The smallest absolute Gasteiger partial charge is 0.410 e. The Labute approximate surface area is 209 Å². The number of hydrogen-bond acceptors (Lipinski definition) is 7. The summed E-state index contributed by atoms with van der Waals surface area (Å²) >= 11 is 0. The van der Waals surface area contributed by atoms with Gasteiger partial charge in [-0.1, -0.05) is 0 Å². The fourth-order valence-corrected chi connectivity index (χ4v) is 4.85. The van der Waals surface area contributed by atoms with E-state index in [0.29, 0.717) is 39.1 Å². The largest absolute Gasteiger partial charge is 0.480 e. The van der Waals surface area contributed by atoms with Gasteiger partial charge in [0.1, 0.15) is 23.3 Å². The number of rotatable bonds is 4. The summed E-state index contributed by atoms with van der Waals surface area (Å²) in [6.45, 7) is 8.09. The summed E-state index contributed by atoms with van der Waals surface area (Å²) < 4.78 is 41.1. The topological polar surface area (TPSA) is 91.4 Å². The Hall–Kier alpha value is -2.95. The van der Waals surface area contributed by atoms with Crippen LogP contribution < -0.4 is 15.0 Å². The first-order chi connectivity index (χ1) is 17.0. The van der Waals surface area contributed by atoms with Gasteiger partial charge in [-0.3, -0.25) is 19.8 Å². The number of imide groups is 1. The lowest BCUT2D eigenvalue weighted by atomic mass is 9.99. The van der Waals surface area contributed by atoms with Gasteiger partial charge in [0, 0.05) is 57.7 Å². The van der Waals surface area contributed by atoms with E-state index in [2.05, 4.69) is 10.2 Å². The maximum absolute atomic E-state index is 15.2. The monoisotopic (exact) mass is 508 g/mol. The van der Waals surface area contributed by atoms with Crippen LogP contribution in [0.3, 0.4) is 0 Å². The van der Waals surface area contributed by atoms with Crippen molar-refractivity contribution in [2.24, 2.45) is 0 Å². The van der Waals surface area contributed by atoms with E-state index in [0.717, 1.165) is 0 Å². The van der Waals surface area contributed by atoms with Crippen LogP contribution in [0.25, 0.3) is 0 Å². The lowest BCUT2D eigenvalue weighted by Gasteiger charge is -2.44. The number of halogens is 2. The number of piperazine rings is 1. The molecule has 0 aromatic heterocycles. The third-order valence-electron chi connectivity index (χ3n) is 6.67. The molecule has 0 radical (unpaired) electrons. The van der Waals surface area contributed by atoms with Crippen LogP contribution in [0.5, 0.6) is 5.75 Å². The first-order valence-corrected chi connectivity index (χ1v) is 12.4. The Kier molecular flexibility index (Phi) is 7.67. The van der Waals surface area contributed by atoms with Gasteiger partial charge < -0.3 is 19.3 Å². The van der Waals surface area contributed by atoms with Crippen LogP contribution in [0.4, 0.5) is 19.3 Å². The quantitative estimate of drug-likeness (QED) is 0.625. The van der Waals surface area contributed by atoms with Crippen molar-refractivity contribution in [1.29, 1.82) is 0 Å². The van der Waals surface area contributed by atoms with Gasteiger partial charge in [-0.15, -0.1) is 0 Å². The van der Waals surface area contributed by atoms with Crippen LogP contribution in [0, 0.1) is 5.82 Å². The van der Waals surface area contributed by atoms with Crippen LogP contribution in [0.15, 0.2) is 18.2 Å². The highest BCUT2D eigenvalue weighted by atomic mass is 19.1. The zero-order valence-corrected chi connectivity index (χ0v) is 21.0. The molecule has 0 aliphatic carbocycles. The molecule has 3 amide bonds. The molecule has 1 unspecified atom stereocenters. The number of nitrogens with one attached hydrogen (secondary N) is 1. The number of hydrogen-bond donors (Lipinski definition) is 1. The van der Waals surface area contributed by atoms with Crippen LogP contribution >= 0.6 is 0 Å². The molecule has 198 valence electrons. The van der Waals surface area contributed by atoms with E-state index >= 15 is 4.39 Å². The van der Waals surface area contributed by atoms with Crippen LogP contribution in [0.1, 0.15) is 40.0 Å². The second-order valence-electron chi connectivity index (χ2n) is 10.5. The maximum Gasteiger partial charge on any atom is 0.410 e. The van der Waals surface area contributed by atoms with E-state index in [9.17, 15) is 18.8 Å². The molecule has 3 aliphatic rings. The molecule has 36 heavy (non-hydrogen) atoms. The number of nitrogens with zero attached hydrogens (tertiary/aromatic N) is 3. The fraction of sp³-hybridized carbons (Fsp3) is 0.640. The van der Waals surface area contributed by atoms with Crippen LogP contribution in [-0.2, 0) is 14.3 Å². The Bertz CT molecular complexity index is 993. The third kappa shape index (κ3) is 6.24. The minimum Gasteiger partial charge on any atom is -0.480 e. The van der Waals surface area contributed by atoms with Gasteiger partial charge in [-0.25, -0.2) is 13.6 Å². The molecule has 0 bridgehead atoms. The van der Waals surface area contributed by atoms with Crippen molar-refractivity contribution in [2.45, 2.75) is 64.0 Å². The van der Waals surface area contributed by atoms with Crippen molar-refractivity contribution in [2.75, 3.05) is 44.2 Å². The Morgan fingerprint density at radius 3 is 2.42 bits per heavy atom. The second kappa shape index (κ2) is 10.6. The van der Waals surface area contributed by atoms with Gasteiger partial charge in [0.2, 0.25) is 5.91 Å². The molecule has 9 nitrogen and oxygen atoms in total. The van der Waals surface area contributed by atoms with Crippen molar-refractivity contribution in [1.82, 2.24) is 15.1 Å². The highest BCUT2D eigenvalue weighted by Crippen LogP contribution is 2.30. The standard InChI is InChI=1S/C25H34F2N4O5/c1-25(2,3)36-24(34)30-12-10-29(11-13-30)20-8-9-31(15-18(20)27)19-5-4-16(14-17(19)26)35-21-6-7-22(32)28-23(21)33/h4-5,14,18,20-21H,6-13,15H2,1-3H3,(H,28,32,33)/t18-,20+,21?/m0/s1. The molecule has 1 N–H and O–H groups in total. The minimum atomic E-state index is -1.18. The van der Waals surface area contributed by atoms with Crippen molar-refractivity contribution in [3.05, 3.63) is 24.0 Å². The molecule has 11 heteroatoms. The van der Waals surface area contributed by atoms with E-state index in [1.54, 1.807) is 15.9 Å². The number of alkyl halides is 1. The highest BCUT2D eigenvalue weighted by Gasteiger charge is 2.37. The Balaban J connectivity index is 1.30. The molecule has 3 atom stereocenters. The van der Waals surface area contributed by atoms with E-state index in [-0.39, 0.29) is 48.9 Å². The van der Waals surface area contributed by atoms with Gasteiger partial charge in [-0.2, -0.15) is 0 Å². The highest BCUT2D eigenvalue weighted by molar-refractivity contribution is 5.99. The zero-order valence-electron chi connectivity index (χ0n) is 21.0. The molecule has 3 heterocycles. The first kappa shape index (κ1) is 26.1. The van der Waals surface area contributed by atoms with Crippen molar-refractivity contribution in [3.8, 4) is 5.75 Å². The van der Waals surface area contributed by atoms with Gasteiger partial charge in [0.15, 0.2) is 6.10 Å². The Morgan fingerprint density at radius 2 is 1.81 bits per heavy atom. The predicted molar refractivity (Wildman–Crippen MR) is 128 cm³/mol. The molecule has 4 rings (SSSR count). The number of carbonyl (C=O) groups is 3. The molecule has 3 fully saturated rings. The molecular weight excluding hydrogens is 474 g/mol. The zero-order chi connectivity index (χ0) is 26.0. The SMILES string of the molecule is CC(C)(C)OC(=O)N1CCN([C@@H]2CCN(c3ccc(OC4CCC(=O)NC4=O)cc3F)C[C@@H]2F)CC1. The van der Waals surface area contributed by atoms with Gasteiger partial charge >= 0.3 is 6.09 Å². The first-order valence-electron chi connectivity index (χ1n) is 12.4. The van der Waals surface area contributed by atoms with Crippen molar-refractivity contribution < 1.29 is 32.6 Å². The minimum absolute atomic E-state index is 0.0568. The van der Waals surface area contributed by atoms with E-state index in [1.807, 2.05) is 20.8 Å². The average molecular weight is 509 g/mol. The molecule has 1 aromatic rings. The van der Waals surface area contributed by atoms with Crippen LogP contribution in [0.2, 0.25) is 0 Å². The molecule has 3 saturated heterocycles. The van der Waals surface area contributed by atoms with E-state index in [1.165, 1.54) is 12.1 Å². The summed E-state index contributed by atoms with van der Waals surface area (Å²) in [6, 6.07) is 3.98. The molecule has 0 saturated carbocycles. The number of ether oxygens (including phenoxy) is 2. The molecule has 0 spiro atoms. The van der Waals surface area contributed by atoms with Crippen molar-refractivity contribution >= 4 is 23.6 Å². The summed E-state index contributed by atoms with van der Waals surface area (Å²) in [6.07, 6.45) is -1.45. The molecule has 1 aromatic carbocycles. The number of amides is 3. The van der Waals surface area contributed by atoms with E-state index < -0.39 is 29.6 Å². The van der Waals surface area contributed by atoms with Gasteiger partial charge in [-0.05, 0) is 39.3 Å². The van der Waals surface area contributed by atoms with Crippen molar-refractivity contribution in [3.63, 3.8) is 0 Å². The molecule has 3 aliphatic heterocycles. The summed E-state index contributed by atoms with van der Waals surface area (Å²) in [5.41, 5.74) is -0.281. The molecular formula is C25H34F2N4O5. The number of piperidine rings is 2. The lowest BCUT2D eigenvalue weighted by Crippen LogP contribution is -2.58. The number of benzene rings is 1.